The van der Waals surface area contributed by atoms with E-state index in [-0.39, 0.29) is 5.91 Å². The number of hydrogen-bond donors (Lipinski definition) is 2. The Morgan fingerprint density at radius 3 is 2.81 bits per heavy atom. The topological polar surface area (TPSA) is 53.6 Å². The summed E-state index contributed by atoms with van der Waals surface area (Å²) in [6.45, 7) is 5.98. The van der Waals surface area contributed by atoms with Crippen LogP contribution in [0.3, 0.4) is 0 Å². The van der Waals surface area contributed by atoms with E-state index in [9.17, 15) is 4.79 Å². The zero-order valence-corrected chi connectivity index (χ0v) is 10.1. The SMILES string of the molecule is COCCCCNC(=O)CN1CCNCC1. The van der Waals surface area contributed by atoms with Gasteiger partial charge in [-0.3, -0.25) is 9.69 Å². The van der Waals surface area contributed by atoms with Crippen molar-refractivity contribution in [2.24, 2.45) is 0 Å². The average molecular weight is 229 g/mol. The maximum absolute atomic E-state index is 11.5. The van der Waals surface area contributed by atoms with Crippen molar-refractivity contribution < 1.29 is 9.53 Å². The van der Waals surface area contributed by atoms with Gasteiger partial charge in [-0.15, -0.1) is 0 Å². The third-order valence-corrected chi connectivity index (χ3v) is 2.67. The van der Waals surface area contributed by atoms with E-state index in [1.165, 1.54) is 0 Å². The first-order valence-corrected chi connectivity index (χ1v) is 6.01. The Balaban J connectivity index is 1.97. The number of unbranched alkanes of at least 4 members (excludes halogenated alkanes) is 1. The minimum Gasteiger partial charge on any atom is -0.385 e. The van der Waals surface area contributed by atoms with E-state index in [0.717, 1.165) is 52.2 Å². The minimum absolute atomic E-state index is 0.138. The Kier molecular flexibility index (Phi) is 7.12. The normalized spacial score (nSPS) is 17.3. The molecule has 1 fully saturated rings. The molecule has 1 amide bonds. The predicted octanol–water partition coefficient (Wildman–Crippen LogP) is -0.566. The molecule has 0 aromatic heterocycles. The van der Waals surface area contributed by atoms with Crippen LogP contribution in [0.15, 0.2) is 0 Å². The number of piperazine rings is 1. The van der Waals surface area contributed by atoms with Crippen molar-refractivity contribution in [3.63, 3.8) is 0 Å². The Labute approximate surface area is 97.5 Å². The first kappa shape index (κ1) is 13.4. The van der Waals surface area contributed by atoms with Gasteiger partial charge >= 0.3 is 0 Å². The lowest BCUT2D eigenvalue weighted by Crippen LogP contribution is -2.47. The molecule has 1 aliphatic heterocycles. The highest BCUT2D eigenvalue weighted by Gasteiger charge is 2.12. The van der Waals surface area contributed by atoms with Gasteiger partial charge in [0.05, 0.1) is 6.54 Å². The number of amides is 1. The maximum atomic E-state index is 11.5. The molecule has 5 nitrogen and oxygen atoms in total. The number of nitrogens with zero attached hydrogens (tertiary/aromatic N) is 1. The van der Waals surface area contributed by atoms with Crippen molar-refractivity contribution >= 4 is 5.91 Å². The number of rotatable bonds is 7. The van der Waals surface area contributed by atoms with Gasteiger partial charge < -0.3 is 15.4 Å². The second-order valence-corrected chi connectivity index (χ2v) is 4.08. The fraction of sp³-hybridized carbons (Fsp3) is 0.909. The van der Waals surface area contributed by atoms with Crippen LogP contribution in [-0.2, 0) is 9.53 Å². The van der Waals surface area contributed by atoms with E-state index < -0.39 is 0 Å². The fourth-order valence-electron chi connectivity index (χ4n) is 1.73. The van der Waals surface area contributed by atoms with Crippen molar-refractivity contribution in [3.05, 3.63) is 0 Å². The zero-order valence-electron chi connectivity index (χ0n) is 10.1. The Hall–Kier alpha value is -0.650. The first-order chi connectivity index (χ1) is 7.83. The molecule has 0 aromatic carbocycles. The molecule has 1 heterocycles. The molecule has 1 saturated heterocycles. The van der Waals surface area contributed by atoms with Gasteiger partial charge in [-0.25, -0.2) is 0 Å². The van der Waals surface area contributed by atoms with Gasteiger partial charge in [0.2, 0.25) is 5.91 Å². The van der Waals surface area contributed by atoms with E-state index in [4.69, 9.17) is 4.74 Å². The van der Waals surface area contributed by atoms with E-state index >= 15 is 0 Å². The van der Waals surface area contributed by atoms with Gasteiger partial charge in [0.25, 0.3) is 0 Å². The van der Waals surface area contributed by atoms with Gasteiger partial charge in [0.15, 0.2) is 0 Å². The third kappa shape index (κ3) is 6.05. The van der Waals surface area contributed by atoms with Crippen molar-refractivity contribution in [3.8, 4) is 0 Å². The highest BCUT2D eigenvalue weighted by molar-refractivity contribution is 5.77. The van der Waals surface area contributed by atoms with E-state index in [2.05, 4.69) is 15.5 Å². The molecule has 0 bridgehead atoms. The summed E-state index contributed by atoms with van der Waals surface area (Å²) in [6.07, 6.45) is 1.99. The second-order valence-electron chi connectivity index (χ2n) is 4.08. The van der Waals surface area contributed by atoms with Crippen LogP contribution < -0.4 is 10.6 Å². The first-order valence-electron chi connectivity index (χ1n) is 6.01. The van der Waals surface area contributed by atoms with Gasteiger partial charge in [0.1, 0.15) is 0 Å². The summed E-state index contributed by atoms with van der Waals surface area (Å²) in [5.74, 6) is 0.138. The van der Waals surface area contributed by atoms with Crippen LogP contribution >= 0.6 is 0 Å². The number of nitrogens with one attached hydrogen (secondary N) is 2. The monoisotopic (exact) mass is 229 g/mol. The van der Waals surface area contributed by atoms with Crippen molar-refractivity contribution in [1.29, 1.82) is 0 Å². The molecule has 0 aromatic rings. The molecular weight excluding hydrogens is 206 g/mol. The second kappa shape index (κ2) is 8.50. The van der Waals surface area contributed by atoms with E-state index in [1.807, 2.05) is 0 Å². The highest BCUT2D eigenvalue weighted by atomic mass is 16.5. The Morgan fingerprint density at radius 2 is 2.12 bits per heavy atom. The van der Waals surface area contributed by atoms with Crippen LogP contribution in [0.25, 0.3) is 0 Å². The number of carbonyl (C=O) groups excluding carboxylic acids is 1. The molecular formula is C11H23N3O2. The Morgan fingerprint density at radius 1 is 1.38 bits per heavy atom. The van der Waals surface area contributed by atoms with Crippen molar-refractivity contribution in [2.75, 3.05) is 53.0 Å². The van der Waals surface area contributed by atoms with E-state index in [0.29, 0.717) is 6.54 Å². The molecule has 2 N–H and O–H groups in total. The summed E-state index contributed by atoms with van der Waals surface area (Å²) in [4.78, 5) is 13.7. The summed E-state index contributed by atoms with van der Waals surface area (Å²) in [7, 11) is 1.70. The molecule has 0 spiro atoms. The highest BCUT2D eigenvalue weighted by Crippen LogP contribution is 1.92. The standard InChI is InChI=1S/C11H23N3O2/c1-16-9-3-2-4-13-11(15)10-14-7-5-12-6-8-14/h12H,2-10H2,1H3,(H,13,15). The number of methoxy groups -OCH3 is 1. The summed E-state index contributed by atoms with van der Waals surface area (Å²) in [5, 5.41) is 6.20. The van der Waals surface area contributed by atoms with Crippen molar-refractivity contribution in [1.82, 2.24) is 15.5 Å². The minimum atomic E-state index is 0.138. The molecule has 1 rings (SSSR count). The van der Waals surface area contributed by atoms with E-state index in [1.54, 1.807) is 7.11 Å². The molecule has 0 unspecified atom stereocenters. The third-order valence-electron chi connectivity index (χ3n) is 2.67. The van der Waals surface area contributed by atoms with Crippen LogP contribution in [0, 0.1) is 0 Å². The number of hydrogen-bond acceptors (Lipinski definition) is 4. The lowest BCUT2D eigenvalue weighted by Gasteiger charge is -2.26. The molecule has 94 valence electrons. The maximum Gasteiger partial charge on any atom is 0.234 e. The van der Waals surface area contributed by atoms with Crippen LogP contribution in [0.2, 0.25) is 0 Å². The number of carbonyl (C=O) groups is 1. The molecule has 0 radical (unpaired) electrons. The fourth-order valence-corrected chi connectivity index (χ4v) is 1.73. The Bertz CT molecular complexity index is 194. The zero-order chi connectivity index (χ0) is 11.6. The van der Waals surface area contributed by atoms with Gasteiger partial charge in [0, 0.05) is 46.4 Å². The summed E-state index contributed by atoms with van der Waals surface area (Å²) in [6, 6.07) is 0. The van der Waals surface area contributed by atoms with Gasteiger partial charge in [-0.1, -0.05) is 0 Å². The molecule has 0 aliphatic carbocycles. The number of ether oxygens (including phenoxy) is 1. The molecule has 1 aliphatic rings. The summed E-state index contributed by atoms with van der Waals surface area (Å²) >= 11 is 0. The lowest BCUT2D eigenvalue weighted by molar-refractivity contribution is -0.122. The quantitative estimate of drug-likeness (QED) is 0.574. The predicted molar refractivity (Wildman–Crippen MR) is 63.4 cm³/mol. The largest absolute Gasteiger partial charge is 0.385 e. The lowest BCUT2D eigenvalue weighted by atomic mass is 10.3. The van der Waals surface area contributed by atoms with Crippen molar-refractivity contribution in [2.45, 2.75) is 12.8 Å². The molecule has 5 heteroatoms. The van der Waals surface area contributed by atoms with Gasteiger partial charge in [-0.05, 0) is 12.8 Å². The molecule has 0 saturated carbocycles. The smallest absolute Gasteiger partial charge is 0.234 e. The summed E-state index contributed by atoms with van der Waals surface area (Å²) in [5.41, 5.74) is 0. The van der Waals surface area contributed by atoms with Crippen LogP contribution in [-0.4, -0.2) is 63.8 Å². The van der Waals surface area contributed by atoms with Crippen LogP contribution in [0.4, 0.5) is 0 Å². The average Bonchev–Trinajstić information content (AvgIpc) is 2.30. The van der Waals surface area contributed by atoms with Crippen LogP contribution in [0.1, 0.15) is 12.8 Å². The van der Waals surface area contributed by atoms with Gasteiger partial charge in [-0.2, -0.15) is 0 Å². The molecule has 0 atom stereocenters. The van der Waals surface area contributed by atoms with Crippen LogP contribution in [0.5, 0.6) is 0 Å². The molecule has 16 heavy (non-hydrogen) atoms. The summed E-state index contributed by atoms with van der Waals surface area (Å²) < 4.78 is 4.94.